The van der Waals surface area contributed by atoms with Crippen LogP contribution in [0.4, 0.5) is 0 Å². The lowest BCUT2D eigenvalue weighted by atomic mass is 9.63. The van der Waals surface area contributed by atoms with Crippen molar-refractivity contribution in [1.29, 1.82) is 0 Å². The van der Waals surface area contributed by atoms with E-state index in [-0.39, 0.29) is 16.7 Å². The Labute approximate surface area is 111 Å². The Balaban J connectivity index is 2.58. The highest BCUT2D eigenvalue weighted by atomic mass is 16.1. The van der Waals surface area contributed by atoms with Crippen LogP contribution in [-0.4, -0.2) is 6.29 Å². The molecule has 1 heteroatoms. The van der Waals surface area contributed by atoms with Gasteiger partial charge in [-0.05, 0) is 47.3 Å². The molecular formula is C17H23O. The van der Waals surface area contributed by atoms with Crippen LogP contribution in [0.25, 0.3) is 0 Å². The van der Waals surface area contributed by atoms with E-state index in [0.717, 1.165) is 11.8 Å². The van der Waals surface area contributed by atoms with Gasteiger partial charge in [-0.1, -0.05) is 45.9 Å². The van der Waals surface area contributed by atoms with Crippen LogP contribution in [0, 0.1) is 6.92 Å². The highest BCUT2D eigenvalue weighted by Gasteiger charge is 2.37. The smallest absolute Gasteiger partial charge is 0.127 e. The maximum Gasteiger partial charge on any atom is 0.127 e. The molecule has 0 amide bonds. The Hall–Kier alpha value is -1.11. The molecule has 1 nitrogen and oxygen atoms in total. The first-order valence-electron chi connectivity index (χ1n) is 6.71. The Bertz CT molecular complexity index is 468. The predicted molar refractivity (Wildman–Crippen MR) is 75.9 cm³/mol. The fourth-order valence-corrected chi connectivity index (χ4v) is 2.92. The molecule has 1 aliphatic rings. The highest BCUT2D eigenvalue weighted by Crippen LogP contribution is 2.46. The van der Waals surface area contributed by atoms with Gasteiger partial charge in [0.2, 0.25) is 0 Å². The third-order valence-electron chi connectivity index (χ3n) is 4.47. The Morgan fingerprint density at radius 1 is 1.11 bits per heavy atom. The summed E-state index contributed by atoms with van der Waals surface area (Å²) < 4.78 is 0. The van der Waals surface area contributed by atoms with Gasteiger partial charge in [-0.3, -0.25) is 0 Å². The summed E-state index contributed by atoms with van der Waals surface area (Å²) >= 11 is 0. The van der Waals surface area contributed by atoms with E-state index in [0.29, 0.717) is 0 Å². The summed E-state index contributed by atoms with van der Waals surface area (Å²) in [5, 5.41) is 0. The molecule has 1 aromatic carbocycles. The summed E-state index contributed by atoms with van der Waals surface area (Å²) in [5.74, 6) is -0.254. The van der Waals surface area contributed by atoms with Crippen LogP contribution in [0.3, 0.4) is 0 Å². The van der Waals surface area contributed by atoms with Crippen LogP contribution >= 0.6 is 0 Å². The van der Waals surface area contributed by atoms with Gasteiger partial charge in [0.1, 0.15) is 6.29 Å². The number of carbonyl (C=O) groups excluding carboxylic acids is 1. The average molecular weight is 243 g/mol. The molecular weight excluding hydrogens is 220 g/mol. The summed E-state index contributed by atoms with van der Waals surface area (Å²) in [6.45, 7) is 13.1. The normalized spacial score (nSPS) is 22.1. The van der Waals surface area contributed by atoms with E-state index in [1.54, 1.807) is 0 Å². The number of benzene rings is 1. The Morgan fingerprint density at radius 3 is 2.22 bits per heavy atom. The summed E-state index contributed by atoms with van der Waals surface area (Å²) in [6.07, 6.45) is 3.33. The van der Waals surface area contributed by atoms with Crippen LogP contribution in [-0.2, 0) is 15.6 Å². The van der Waals surface area contributed by atoms with Crippen molar-refractivity contribution in [1.82, 2.24) is 0 Å². The van der Waals surface area contributed by atoms with Gasteiger partial charge in [0.25, 0.3) is 0 Å². The summed E-state index contributed by atoms with van der Waals surface area (Å²) in [4.78, 5) is 10.9. The van der Waals surface area contributed by atoms with Gasteiger partial charge in [0.15, 0.2) is 0 Å². The second kappa shape index (κ2) is 4.22. The molecule has 0 N–H and O–H groups in total. The molecule has 97 valence electrons. The molecule has 1 unspecified atom stereocenters. The topological polar surface area (TPSA) is 17.1 Å². The zero-order chi connectivity index (χ0) is 13.6. The van der Waals surface area contributed by atoms with Gasteiger partial charge in [0, 0.05) is 5.92 Å². The molecule has 0 spiro atoms. The molecule has 0 bridgehead atoms. The first kappa shape index (κ1) is 13.3. The van der Waals surface area contributed by atoms with Crippen molar-refractivity contribution in [3.05, 3.63) is 41.8 Å². The van der Waals surface area contributed by atoms with Gasteiger partial charge in [0.05, 0.1) is 0 Å². The van der Waals surface area contributed by atoms with E-state index < -0.39 is 0 Å². The van der Waals surface area contributed by atoms with Gasteiger partial charge in [-0.2, -0.15) is 0 Å². The Kier molecular flexibility index (Phi) is 3.12. The largest absolute Gasteiger partial charge is 0.303 e. The number of aldehydes is 1. The van der Waals surface area contributed by atoms with Crippen LogP contribution in [0.1, 0.15) is 63.1 Å². The number of hydrogen-bond donors (Lipinski definition) is 0. The van der Waals surface area contributed by atoms with Crippen molar-refractivity contribution in [2.45, 2.75) is 57.3 Å². The van der Waals surface area contributed by atoms with Crippen molar-refractivity contribution in [3.8, 4) is 0 Å². The van der Waals surface area contributed by atoms with Crippen molar-refractivity contribution in [2.75, 3.05) is 0 Å². The standard InChI is InChI=1S/C17H23O/c1-12(11-18)13-6-7-14-15(10-13)17(4,5)9-8-16(14,2)3/h6-7,10-12H,1,8-9H2,2-5H3. The quantitative estimate of drug-likeness (QED) is 0.713. The van der Waals surface area contributed by atoms with Gasteiger partial charge < -0.3 is 4.79 Å². The van der Waals surface area contributed by atoms with E-state index in [1.165, 1.54) is 24.0 Å². The lowest BCUT2D eigenvalue weighted by molar-refractivity contribution is -0.108. The fraction of sp³-hybridized carbons (Fsp3) is 0.529. The molecule has 0 aliphatic heterocycles. The molecule has 0 aromatic heterocycles. The van der Waals surface area contributed by atoms with Crippen LogP contribution in [0.5, 0.6) is 0 Å². The van der Waals surface area contributed by atoms with Crippen molar-refractivity contribution in [3.63, 3.8) is 0 Å². The number of hydrogen-bond acceptors (Lipinski definition) is 1. The third kappa shape index (κ3) is 2.11. The maximum absolute atomic E-state index is 10.9. The summed E-state index contributed by atoms with van der Waals surface area (Å²) in [7, 11) is 0. The van der Waals surface area contributed by atoms with E-state index in [4.69, 9.17) is 0 Å². The number of carbonyl (C=O) groups is 1. The first-order chi connectivity index (χ1) is 8.28. The molecule has 1 aliphatic carbocycles. The van der Waals surface area contributed by atoms with Gasteiger partial charge >= 0.3 is 0 Å². The summed E-state index contributed by atoms with van der Waals surface area (Å²) in [5.41, 5.74) is 4.30. The highest BCUT2D eigenvalue weighted by molar-refractivity contribution is 5.64. The van der Waals surface area contributed by atoms with Gasteiger partial charge in [-0.15, -0.1) is 0 Å². The molecule has 0 saturated heterocycles. The minimum absolute atomic E-state index is 0.198. The summed E-state index contributed by atoms with van der Waals surface area (Å²) in [6, 6.07) is 6.46. The number of rotatable bonds is 2. The van der Waals surface area contributed by atoms with Gasteiger partial charge in [-0.25, -0.2) is 0 Å². The molecule has 0 fully saturated rings. The minimum atomic E-state index is -0.254. The van der Waals surface area contributed by atoms with Crippen LogP contribution in [0.15, 0.2) is 18.2 Å². The molecule has 18 heavy (non-hydrogen) atoms. The SMILES string of the molecule is [CH2]C(C=O)c1ccc2c(c1)C(C)(C)CCC2(C)C. The zero-order valence-electron chi connectivity index (χ0n) is 11.9. The second-order valence-corrected chi connectivity index (χ2v) is 6.82. The minimum Gasteiger partial charge on any atom is -0.303 e. The van der Waals surface area contributed by atoms with Crippen molar-refractivity contribution in [2.24, 2.45) is 0 Å². The lowest BCUT2D eigenvalue weighted by Crippen LogP contribution is -2.34. The maximum atomic E-state index is 10.9. The third-order valence-corrected chi connectivity index (χ3v) is 4.47. The van der Waals surface area contributed by atoms with E-state index in [2.05, 4.69) is 52.8 Å². The number of fused-ring (bicyclic) bond motifs is 1. The molecule has 1 aromatic rings. The Morgan fingerprint density at radius 2 is 1.67 bits per heavy atom. The average Bonchev–Trinajstić information content (AvgIpc) is 2.34. The monoisotopic (exact) mass is 243 g/mol. The molecule has 0 heterocycles. The zero-order valence-corrected chi connectivity index (χ0v) is 11.9. The second-order valence-electron chi connectivity index (χ2n) is 6.82. The molecule has 0 saturated carbocycles. The molecule has 1 atom stereocenters. The van der Waals surface area contributed by atoms with E-state index in [1.807, 2.05) is 0 Å². The van der Waals surface area contributed by atoms with E-state index in [9.17, 15) is 4.79 Å². The van der Waals surface area contributed by atoms with Crippen LogP contribution in [0.2, 0.25) is 0 Å². The van der Waals surface area contributed by atoms with E-state index >= 15 is 0 Å². The van der Waals surface area contributed by atoms with Crippen LogP contribution < -0.4 is 0 Å². The lowest BCUT2D eigenvalue weighted by Gasteiger charge is -2.42. The van der Waals surface area contributed by atoms with Crippen molar-refractivity contribution < 1.29 is 4.79 Å². The molecule has 2 rings (SSSR count). The van der Waals surface area contributed by atoms with Crippen molar-refractivity contribution >= 4 is 6.29 Å². The predicted octanol–water partition coefficient (Wildman–Crippen LogP) is 4.15. The fourth-order valence-electron chi connectivity index (χ4n) is 2.92. The molecule has 1 radical (unpaired) electrons. The first-order valence-corrected chi connectivity index (χ1v) is 6.71.